The molecule has 2 rings (SSSR count). The van der Waals surface area contributed by atoms with Crippen LogP contribution in [0.5, 0.6) is 0 Å². The second-order valence-corrected chi connectivity index (χ2v) is 4.15. The lowest BCUT2D eigenvalue weighted by molar-refractivity contribution is 0.143. The predicted octanol–water partition coefficient (Wildman–Crippen LogP) is 1.92. The number of carbonyl (C=O) groups is 1. The Hall–Kier alpha value is -0.730. The average molecular weight is 183 g/mol. The minimum absolute atomic E-state index is 0.236. The van der Waals surface area contributed by atoms with Crippen molar-refractivity contribution in [3.05, 3.63) is 0 Å². The standard InChI is InChI=1S/C10H17NO2/c1-2-13-10(12)11-9-6-7-3-4-8(9)5-7/h7-9H,2-6H2,1H3,(H,11,12)/t7-,8-,9+/m1/s1. The molecule has 1 amide bonds. The van der Waals surface area contributed by atoms with Crippen LogP contribution < -0.4 is 5.32 Å². The molecule has 0 aromatic carbocycles. The Labute approximate surface area is 78.8 Å². The summed E-state index contributed by atoms with van der Waals surface area (Å²) >= 11 is 0. The van der Waals surface area contributed by atoms with Crippen LogP contribution in [0.3, 0.4) is 0 Å². The van der Waals surface area contributed by atoms with E-state index in [1.807, 2.05) is 6.92 Å². The van der Waals surface area contributed by atoms with Crippen molar-refractivity contribution in [2.75, 3.05) is 6.61 Å². The van der Waals surface area contributed by atoms with Crippen molar-refractivity contribution < 1.29 is 9.53 Å². The van der Waals surface area contributed by atoms with Gasteiger partial charge in [0.1, 0.15) is 0 Å². The molecule has 2 aliphatic rings. The molecule has 0 heterocycles. The highest BCUT2D eigenvalue weighted by atomic mass is 16.5. The number of fused-ring (bicyclic) bond motifs is 2. The van der Waals surface area contributed by atoms with Crippen LogP contribution in [0.2, 0.25) is 0 Å². The van der Waals surface area contributed by atoms with Gasteiger partial charge >= 0.3 is 6.09 Å². The van der Waals surface area contributed by atoms with Crippen LogP contribution in [0, 0.1) is 11.8 Å². The van der Waals surface area contributed by atoms with Crippen LogP contribution in [0.1, 0.15) is 32.6 Å². The summed E-state index contributed by atoms with van der Waals surface area (Å²) in [5.41, 5.74) is 0. The molecule has 3 atom stereocenters. The summed E-state index contributed by atoms with van der Waals surface area (Å²) in [5, 5.41) is 2.95. The van der Waals surface area contributed by atoms with E-state index in [9.17, 15) is 4.79 Å². The second-order valence-electron chi connectivity index (χ2n) is 4.15. The van der Waals surface area contributed by atoms with Crippen molar-refractivity contribution in [2.45, 2.75) is 38.6 Å². The summed E-state index contributed by atoms with van der Waals surface area (Å²) in [7, 11) is 0. The fourth-order valence-electron chi connectivity index (χ4n) is 2.75. The van der Waals surface area contributed by atoms with Crippen LogP contribution >= 0.6 is 0 Å². The number of hydrogen-bond acceptors (Lipinski definition) is 2. The van der Waals surface area contributed by atoms with Crippen molar-refractivity contribution in [2.24, 2.45) is 11.8 Å². The maximum atomic E-state index is 11.1. The number of nitrogens with one attached hydrogen (secondary N) is 1. The lowest BCUT2D eigenvalue weighted by Gasteiger charge is -2.22. The minimum Gasteiger partial charge on any atom is -0.450 e. The van der Waals surface area contributed by atoms with Gasteiger partial charge in [-0.05, 0) is 38.0 Å². The fourth-order valence-corrected chi connectivity index (χ4v) is 2.75. The Balaban J connectivity index is 1.79. The van der Waals surface area contributed by atoms with Gasteiger partial charge in [-0.2, -0.15) is 0 Å². The van der Waals surface area contributed by atoms with E-state index in [0.717, 1.165) is 11.8 Å². The van der Waals surface area contributed by atoms with E-state index in [4.69, 9.17) is 4.74 Å². The summed E-state index contributed by atoms with van der Waals surface area (Å²) in [4.78, 5) is 11.1. The Morgan fingerprint density at radius 3 is 2.85 bits per heavy atom. The highest BCUT2D eigenvalue weighted by Crippen LogP contribution is 2.44. The van der Waals surface area contributed by atoms with Crippen LogP contribution in [0.4, 0.5) is 4.79 Å². The van der Waals surface area contributed by atoms with Crippen molar-refractivity contribution >= 4 is 6.09 Å². The molecule has 2 saturated carbocycles. The highest BCUT2D eigenvalue weighted by molar-refractivity contribution is 5.67. The van der Waals surface area contributed by atoms with Gasteiger partial charge in [0.15, 0.2) is 0 Å². The molecule has 0 spiro atoms. The van der Waals surface area contributed by atoms with E-state index in [0.29, 0.717) is 12.6 Å². The number of alkyl carbamates (subject to hydrolysis) is 1. The number of hydrogen-bond donors (Lipinski definition) is 1. The molecule has 3 nitrogen and oxygen atoms in total. The molecule has 0 radical (unpaired) electrons. The largest absolute Gasteiger partial charge is 0.450 e. The summed E-state index contributed by atoms with van der Waals surface area (Å²) in [6.45, 7) is 2.30. The molecule has 13 heavy (non-hydrogen) atoms. The Kier molecular flexibility index (Phi) is 2.42. The van der Waals surface area contributed by atoms with Crippen LogP contribution in [0.25, 0.3) is 0 Å². The van der Waals surface area contributed by atoms with Gasteiger partial charge in [-0.3, -0.25) is 0 Å². The van der Waals surface area contributed by atoms with Gasteiger partial charge in [0.2, 0.25) is 0 Å². The third kappa shape index (κ3) is 1.79. The molecule has 1 N–H and O–H groups in total. The molecule has 2 fully saturated rings. The van der Waals surface area contributed by atoms with Crippen molar-refractivity contribution in [1.29, 1.82) is 0 Å². The smallest absolute Gasteiger partial charge is 0.407 e. The van der Waals surface area contributed by atoms with Gasteiger partial charge < -0.3 is 10.1 Å². The van der Waals surface area contributed by atoms with Crippen molar-refractivity contribution in [3.63, 3.8) is 0 Å². The van der Waals surface area contributed by atoms with Gasteiger partial charge in [-0.15, -0.1) is 0 Å². The molecule has 2 bridgehead atoms. The lowest BCUT2D eigenvalue weighted by atomic mass is 9.96. The zero-order valence-electron chi connectivity index (χ0n) is 8.08. The molecular formula is C10H17NO2. The number of rotatable bonds is 2. The van der Waals surface area contributed by atoms with E-state index < -0.39 is 0 Å². The Morgan fingerprint density at radius 2 is 2.31 bits per heavy atom. The third-order valence-electron chi connectivity index (χ3n) is 3.32. The summed E-state index contributed by atoms with van der Waals surface area (Å²) in [5.74, 6) is 1.60. The number of carbonyl (C=O) groups excluding carboxylic acids is 1. The zero-order chi connectivity index (χ0) is 9.26. The highest BCUT2D eigenvalue weighted by Gasteiger charge is 2.40. The van der Waals surface area contributed by atoms with Crippen LogP contribution in [-0.2, 0) is 4.74 Å². The first-order chi connectivity index (χ1) is 6.29. The van der Waals surface area contributed by atoms with Gasteiger partial charge in [0.25, 0.3) is 0 Å². The normalized spacial score (nSPS) is 36.2. The fraction of sp³-hybridized carbons (Fsp3) is 0.900. The Bertz CT molecular complexity index is 205. The van der Waals surface area contributed by atoms with Crippen LogP contribution in [0.15, 0.2) is 0 Å². The van der Waals surface area contributed by atoms with Gasteiger partial charge in [-0.25, -0.2) is 4.79 Å². The molecule has 0 saturated heterocycles. The first-order valence-corrected chi connectivity index (χ1v) is 5.23. The molecule has 0 aliphatic heterocycles. The third-order valence-corrected chi connectivity index (χ3v) is 3.32. The van der Waals surface area contributed by atoms with Gasteiger partial charge in [-0.1, -0.05) is 6.42 Å². The van der Waals surface area contributed by atoms with Gasteiger partial charge in [0, 0.05) is 6.04 Å². The van der Waals surface area contributed by atoms with Crippen LogP contribution in [-0.4, -0.2) is 18.7 Å². The van der Waals surface area contributed by atoms with E-state index in [-0.39, 0.29) is 6.09 Å². The first-order valence-electron chi connectivity index (χ1n) is 5.23. The molecule has 2 aliphatic carbocycles. The van der Waals surface area contributed by atoms with E-state index in [1.165, 1.54) is 25.7 Å². The number of ether oxygens (including phenoxy) is 1. The Morgan fingerprint density at radius 1 is 1.46 bits per heavy atom. The summed E-state index contributed by atoms with van der Waals surface area (Å²) in [6, 6.07) is 0.401. The lowest BCUT2D eigenvalue weighted by Crippen LogP contribution is -2.38. The molecule has 74 valence electrons. The first kappa shape index (κ1) is 8.85. The molecule has 0 aromatic heterocycles. The van der Waals surface area contributed by atoms with Crippen molar-refractivity contribution in [1.82, 2.24) is 5.32 Å². The van der Waals surface area contributed by atoms with E-state index in [2.05, 4.69) is 5.32 Å². The molecule has 3 heteroatoms. The maximum Gasteiger partial charge on any atom is 0.407 e. The average Bonchev–Trinajstić information content (AvgIpc) is 2.65. The minimum atomic E-state index is -0.236. The van der Waals surface area contributed by atoms with E-state index in [1.54, 1.807) is 0 Å². The SMILES string of the molecule is CCOC(=O)N[C@H]1C[C@@H]2CC[C@@H]1C2. The second kappa shape index (κ2) is 3.56. The predicted molar refractivity (Wildman–Crippen MR) is 49.4 cm³/mol. The zero-order valence-corrected chi connectivity index (χ0v) is 8.08. The summed E-state index contributed by atoms with van der Waals surface area (Å²) < 4.78 is 4.86. The van der Waals surface area contributed by atoms with Gasteiger partial charge in [0.05, 0.1) is 6.61 Å². The number of amides is 1. The monoisotopic (exact) mass is 183 g/mol. The van der Waals surface area contributed by atoms with E-state index >= 15 is 0 Å². The molecule has 0 aromatic rings. The maximum absolute atomic E-state index is 11.1. The topological polar surface area (TPSA) is 38.3 Å². The van der Waals surface area contributed by atoms with Crippen molar-refractivity contribution in [3.8, 4) is 0 Å². The quantitative estimate of drug-likeness (QED) is 0.710. The molecule has 0 unspecified atom stereocenters. The summed E-state index contributed by atoms with van der Waals surface area (Å²) in [6.07, 6.45) is 4.91. The molecular weight excluding hydrogens is 166 g/mol.